The van der Waals surface area contributed by atoms with Crippen molar-refractivity contribution in [1.82, 2.24) is 0 Å². The van der Waals surface area contributed by atoms with Gasteiger partial charge in [-0.2, -0.15) is 0 Å². The van der Waals surface area contributed by atoms with Crippen LogP contribution in [0.4, 0.5) is 11.4 Å². The Morgan fingerprint density at radius 2 is 1.76 bits per heavy atom. The Labute approximate surface area is 169 Å². The monoisotopic (exact) mass is 386 g/mol. The van der Waals surface area contributed by atoms with Crippen LogP contribution < -0.4 is 15.4 Å². The van der Waals surface area contributed by atoms with Crippen LogP contribution in [0.15, 0.2) is 82.6 Å². The SMILES string of the molecule is COc1ccccc1[C@@H]1CC(=O)C2=C(C1)Nc1ccccc1N[C@H]2c1ccco1. The van der Waals surface area contributed by atoms with Gasteiger partial charge < -0.3 is 19.8 Å². The van der Waals surface area contributed by atoms with Crippen LogP contribution >= 0.6 is 0 Å². The van der Waals surface area contributed by atoms with Crippen molar-refractivity contribution in [3.8, 4) is 5.75 Å². The molecule has 2 aliphatic rings. The van der Waals surface area contributed by atoms with Crippen LogP contribution in [0, 0.1) is 0 Å². The quantitative estimate of drug-likeness (QED) is 0.642. The standard InChI is InChI=1S/C24H22N2O3/c1-28-21-10-5-2-7-16(21)15-13-19-23(20(27)14-15)24(22-11-6-12-29-22)26-18-9-4-3-8-17(18)25-19/h2-12,15,24-26H,13-14H2,1H3/t15-,24-/m0/s1. The molecule has 0 spiro atoms. The molecule has 2 heterocycles. The maximum absolute atomic E-state index is 13.4. The number of hydrogen-bond donors (Lipinski definition) is 2. The molecule has 0 fully saturated rings. The Morgan fingerprint density at radius 3 is 2.55 bits per heavy atom. The number of nitrogens with one attached hydrogen (secondary N) is 2. The zero-order valence-corrected chi connectivity index (χ0v) is 16.1. The Kier molecular flexibility index (Phi) is 4.35. The van der Waals surface area contributed by atoms with Gasteiger partial charge in [-0.3, -0.25) is 4.79 Å². The molecule has 2 N–H and O–H groups in total. The number of allylic oxidation sites excluding steroid dienone is 1. The van der Waals surface area contributed by atoms with Crippen LogP contribution in [0.5, 0.6) is 5.75 Å². The Hall–Kier alpha value is -3.47. The third-order valence-electron chi connectivity index (χ3n) is 5.72. The van der Waals surface area contributed by atoms with E-state index in [9.17, 15) is 4.79 Å². The number of hydrogen-bond acceptors (Lipinski definition) is 5. The van der Waals surface area contributed by atoms with Gasteiger partial charge in [0.25, 0.3) is 0 Å². The fraction of sp³-hybridized carbons (Fsp3) is 0.208. The van der Waals surface area contributed by atoms with Crippen LogP contribution in [0.2, 0.25) is 0 Å². The van der Waals surface area contributed by atoms with E-state index < -0.39 is 0 Å². The summed E-state index contributed by atoms with van der Waals surface area (Å²) in [5, 5.41) is 7.04. The highest BCUT2D eigenvalue weighted by Crippen LogP contribution is 2.45. The summed E-state index contributed by atoms with van der Waals surface area (Å²) in [5.41, 5.74) is 4.67. The molecule has 0 saturated heterocycles. The second-order valence-electron chi connectivity index (χ2n) is 7.43. The van der Waals surface area contributed by atoms with Gasteiger partial charge >= 0.3 is 0 Å². The van der Waals surface area contributed by atoms with Crippen LogP contribution in [0.25, 0.3) is 0 Å². The highest BCUT2D eigenvalue weighted by molar-refractivity contribution is 6.01. The number of fused-ring (bicyclic) bond motifs is 1. The van der Waals surface area contributed by atoms with E-state index in [1.54, 1.807) is 13.4 Å². The van der Waals surface area contributed by atoms with E-state index in [1.165, 1.54) is 0 Å². The molecule has 1 aliphatic heterocycles. The summed E-state index contributed by atoms with van der Waals surface area (Å²) in [7, 11) is 1.67. The van der Waals surface area contributed by atoms with Crippen LogP contribution in [-0.4, -0.2) is 12.9 Å². The second kappa shape index (κ2) is 7.17. The van der Waals surface area contributed by atoms with E-state index in [0.717, 1.165) is 46.1 Å². The van der Waals surface area contributed by atoms with Gasteiger partial charge in [0.15, 0.2) is 5.78 Å². The van der Waals surface area contributed by atoms with Crippen molar-refractivity contribution in [3.05, 3.63) is 89.5 Å². The largest absolute Gasteiger partial charge is 0.496 e. The van der Waals surface area contributed by atoms with Gasteiger partial charge in [-0.05, 0) is 42.3 Å². The van der Waals surface area contributed by atoms with Crippen molar-refractivity contribution in [2.75, 3.05) is 17.7 Å². The van der Waals surface area contributed by atoms with Gasteiger partial charge in [-0.1, -0.05) is 30.3 Å². The molecule has 2 atom stereocenters. The fourth-order valence-corrected chi connectivity index (χ4v) is 4.38. The maximum Gasteiger partial charge on any atom is 0.163 e. The number of methoxy groups -OCH3 is 1. The van der Waals surface area contributed by atoms with E-state index in [-0.39, 0.29) is 17.7 Å². The van der Waals surface area contributed by atoms with Gasteiger partial charge in [0.2, 0.25) is 0 Å². The first-order valence-corrected chi connectivity index (χ1v) is 9.79. The zero-order chi connectivity index (χ0) is 19.8. The predicted octanol–water partition coefficient (Wildman–Crippen LogP) is 5.27. The number of anilines is 2. The number of rotatable bonds is 3. The molecule has 2 aromatic carbocycles. The number of furan rings is 1. The average Bonchev–Trinajstić information content (AvgIpc) is 3.22. The molecule has 0 saturated carbocycles. The Balaban J connectivity index is 1.61. The first-order chi connectivity index (χ1) is 14.2. The number of carbonyl (C=O) groups is 1. The lowest BCUT2D eigenvalue weighted by Crippen LogP contribution is -2.26. The molecule has 0 radical (unpaired) electrons. The van der Waals surface area contributed by atoms with Crippen molar-refractivity contribution in [1.29, 1.82) is 0 Å². The van der Waals surface area contributed by atoms with E-state index in [1.807, 2.05) is 54.6 Å². The van der Waals surface area contributed by atoms with E-state index in [0.29, 0.717) is 6.42 Å². The molecule has 146 valence electrons. The highest BCUT2D eigenvalue weighted by atomic mass is 16.5. The number of ketones is 1. The van der Waals surface area contributed by atoms with Gasteiger partial charge in [0.05, 0.1) is 24.7 Å². The van der Waals surface area contributed by atoms with Crippen LogP contribution in [0.1, 0.15) is 36.1 Å². The Morgan fingerprint density at radius 1 is 0.966 bits per heavy atom. The summed E-state index contributed by atoms with van der Waals surface area (Å²) in [5.74, 6) is 1.74. The lowest BCUT2D eigenvalue weighted by atomic mass is 9.79. The van der Waals surface area contributed by atoms with Crippen molar-refractivity contribution in [2.45, 2.75) is 24.8 Å². The third-order valence-corrected chi connectivity index (χ3v) is 5.72. The first kappa shape index (κ1) is 17.6. The molecule has 29 heavy (non-hydrogen) atoms. The second-order valence-corrected chi connectivity index (χ2v) is 7.43. The number of ether oxygens (including phenoxy) is 1. The third kappa shape index (κ3) is 3.09. The molecule has 1 aliphatic carbocycles. The number of carbonyl (C=O) groups excluding carboxylic acids is 1. The van der Waals surface area contributed by atoms with Gasteiger partial charge in [0, 0.05) is 23.6 Å². The molecule has 5 rings (SSSR count). The lowest BCUT2D eigenvalue weighted by Gasteiger charge is -2.29. The summed E-state index contributed by atoms with van der Waals surface area (Å²) in [6.07, 6.45) is 2.82. The summed E-state index contributed by atoms with van der Waals surface area (Å²) >= 11 is 0. The topological polar surface area (TPSA) is 63.5 Å². The van der Waals surface area contributed by atoms with Gasteiger partial charge in [0.1, 0.15) is 17.6 Å². The maximum atomic E-state index is 13.4. The Bertz CT molecular complexity index is 1090. The summed E-state index contributed by atoms with van der Waals surface area (Å²) in [6, 6.07) is 19.4. The molecule has 0 unspecified atom stereocenters. The molecule has 0 amide bonds. The zero-order valence-electron chi connectivity index (χ0n) is 16.1. The molecular formula is C24H22N2O3. The summed E-state index contributed by atoms with van der Waals surface area (Å²) in [4.78, 5) is 13.4. The molecule has 1 aromatic heterocycles. The lowest BCUT2D eigenvalue weighted by molar-refractivity contribution is -0.116. The van der Waals surface area contributed by atoms with Crippen molar-refractivity contribution < 1.29 is 13.9 Å². The van der Waals surface area contributed by atoms with Crippen molar-refractivity contribution in [3.63, 3.8) is 0 Å². The number of Topliss-reactive ketones (excluding diaryl/α,β-unsaturated/α-hetero) is 1. The average molecular weight is 386 g/mol. The minimum atomic E-state index is -0.317. The van der Waals surface area contributed by atoms with Crippen molar-refractivity contribution in [2.24, 2.45) is 0 Å². The minimum absolute atomic E-state index is 0.0624. The minimum Gasteiger partial charge on any atom is -0.496 e. The molecule has 5 nitrogen and oxygen atoms in total. The van der Waals surface area contributed by atoms with Gasteiger partial charge in [-0.25, -0.2) is 0 Å². The molecular weight excluding hydrogens is 364 g/mol. The normalized spacial score (nSPS) is 20.8. The predicted molar refractivity (Wildman–Crippen MR) is 112 cm³/mol. The smallest absolute Gasteiger partial charge is 0.163 e. The fourth-order valence-electron chi connectivity index (χ4n) is 4.38. The van der Waals surface area contributed by atoms with E-state index >= 15 is 0 Å². The van der Waals surface area contributed by atoms with E-state index in [2.05, 4.69) is 16.7 Å². The van der Waals surface area contributed by atoms with Crippen molar-refractivity contribution >= 4 is 17.2 Å². The summed E-state index contributed by atoms with van der Waals surface area (Å²) in [6.45, 7) is 0. The van der Waals surface area contributed by atoms with Crippen LogP contribution in [0.3, 0.4) is 0 Å². The highest BCUT2D eigenvalue weighted by Gasteiger charge is 2.37. The van der Waals surface area contributed by atoms with Crippen LogP contribution in [-0.2, 0) is 4.79 Å². The number of para-hydroxylation sites is 3. The molecule has 0 bridgehead atoms. The first-order valence-electron chi connectivity index (χ1n) is 9.79. The molecule has 3 aromatic rings. The van der Waals surface area contributed by atoms with E-state index in [4.69, 9.17) is 9.15 Å². The summed E-state index contributed by atoms with van der Waals surface area (Å²) < 4.78 is 11.2. The number of benzene rings is 2. The van der Waals surface area contributed by atoms with Gasteiger partial charge in [-0.15, -0.1) is 0 Å². The molecule has 5 heteroatoms.